The van der Waals surface area contributed by atoms with Gasteiger partial charge in [0.05, 0.1) is 6.04 Å². The summed E-state index contributed by atoms with van der Waals surface area (Å²) in [6, 6.07) is 0.813. The van der Waals surface area contributed by atoms with Gasteiger partial charge in [0.2, 0.25) is 5.91 Å². The molecule has 94 valence electrons. The van der Waals surface area contributed by atoms with Crippen LogP contribution in [-0.2, 0) is 4.79 Å². The van der Waals surface area contributed by atoms with Gasteiger partial charge in [-0.3, -0.25) is 4.79 Å². The van der Waals surface area contributed by atoms with Gasteiger partial charge < -0.3 is 10.2 Å². The van der Waals surface area contributed by atoms with Crippen molar-refractivity contribution < 1.29 is 4.79 Å². The summed E-state index contributed by atoms with van der Waals surface area (Å²) in [5.74, 6) is 0.191. The lowest BCUT2D eigenvalue weighted by molar-refractivity contribution is -0.129. The summed E-state index contributed by atoms with van der Waals surface area (Å²) in [4.78, 5) is 17.5. The van der Waals surface area contributed by atoms with Gasteiger partial charge in [0, 0.05) is 37.6 Å². The molecule has 4 nitrogen and oxygen atoms in total. The molecule has 0 saturated carbocycles. The molecule has 0 aromatic carbocycles. The van der Waals surface area contributed by atoms with Crippen molar-refractivity contribution in [2.24, 2.45) is 0 Å². The van der Waals surface area contributed by atoms with E-state index < -0.39 is 0 Å². The second kappa shape index (κ2) is 5.60. The summed E-state index contributed by atoms with van der Waals surface area (Å²) >= 11 is 1.69. The van der Waals surface area contributed by atoms with Crippen molar-refractivity contribution in [2.75, 3.05) is 13.1 Å². The van der Waals surface area contributed by atoms with Gasteiger partial charge in [0.25, 0.3) is 0 Å². The highest BCUT2D eigenvalue weighted by Crippen LogP contribution is 2.18. The number of amides is 1. The Labute approximate surface area is 106 Å². The predicted octanol–water partition coefficient (Wildman–Crippen LogP) is 1.80. The SMILES string of the molecule is CC(=O)N1CCC(NC(C)c2nccs2)CC1. The summed E-state index contributed by atoms with van der Waals surface area (Å²) in [7, 11) is 0. The Balaban J connectivity index is 1.80. The van der Waals surface area contributed by atoms with Gasteiger partial charge in [-0.15, -0.1) is 11.3 Å². The monoisotopic (exact) mass is 253 g/mol. The molecule has 2 rings (SSSR count). The van der Waals surface area contributed by atoms with Crippen LogP contribution in [0.1, 0.15) is 37.7 Å². The van der Waals surface area contributed by atoms with Crippen LogP contribution < -0.4 is 5.32 Å². The highest BCUT2D eigenvalue weighted by molar-refractivity contribution is 7.09. The first kappa shape index (κ1) is 12.5. The predicted molar refractivity (Wildman–Crippen MR) is 68.9 cm³/mol. The van der Waals surface area contributed by atoms with Crippen molar-refractivity contribution in [1.82, 2.24) is 15.2 Å². The minimum atomic E-state index is 0.191. The zero-order valence-electron chi connectivity index (χ0n) is 10.3. The third-order valence-electron chi connectivity index (χ3n) is 3.25. The number of nitrogens with one attached hydrogen (secondary N) is 1. The number of piperidine rings is 1. The van der Waals surface area contributed by atoms with E-state index in [0.717, 1.165) is 30.9 Å². The van der Waals surface area contributed by atoms with Crippen LogP contribution in [0.5, 0.6) is 0 Å². The number of likely N-dealkylation sites (tertiary alicyclic amines) is 1. The molecule has 1 aliphatic heterocycles. The molecule has 5 heteroatoms. The number of hydrogen-bond acceptors (Lipinski definition) is 4. The second-order valence-electron chi connectivity index (χ2n) is 4.54. The Kier molecular flexibility index (Phi) is 4.12. The van der Waals surface area contributed by atoms with Crippen LogP contribution in [0.4, 0.5) is 0 Å². The average molecular weight is 253 g/mol. The summed E-state index contributed by atoms with van der Waals surface area (Å²) in [6.45, 7) is 5.54. The van der Waals surface area contributed by atoms with Crippen LogP contribution in [-0.4, -0.2) is 34.9 Å². The third-order valence-corrected chi connectivity index (χ3v) is 4.21. The van der Waals surface area contributed by atoms with Gasteiger partial charge in [-0.25, -0.2) is 4.98 Å². The van der Waals surface area contributed by atoms with Gasteiger partial charge in [-0.05, 0) is 19.8 Å². The van der Waals surface area contributed by atoms with Gasteiger partial charge in [0.1, 0.15) is 5.01 Å². The van der Waals surface area contributed by atoms with Crippen LogP contribution in [0.15, 0.2) is 11.6 Å². The van der Waals surface area contributed by atoms with Crippen LogP contribution in [0.2, 0.25) is 0 Å². The summed E-state index contributed by atoms with van der Waals surface area (Å²) in [5, 5.41) is 6.73. The van der Waals surface area contributed by atoms with Crippen LogP contribution in [0.3, 0.4) is 0 Å². The average Bonchev–Trinajstić information content (AvgIpc) is 2.83. The van der Waals surface area contributed by atoms with Gasteiger partial charge in [0.15, 0.2) is 0 Å². The number of rotatable bonds is 3. The van der Waals surface area contributed by atoms with Crippen LogP contribution >= 0.6 is 11.3 Å². The van der Waals surface area contributed by atoms with E-state index in [0.29, 0.717) is 12.1 Å². The number of aromatic nitrogens is 1. The number of nitrogens with zero attached hydrogens (tertiary/aromatic N) is 2. The molecular formula is C12H19N3OS. The normalized spacial score (nSPS) is 19.3. The lowest BCUT2D eigenvalue weighted by atomic mass is 10.0. The molecule has 1 amide bonds. The quantitative estimate of drug-likeness (QED) is 0.893. The summed E-state index contributed by atoms with van der Waals surface area (Å²) in [5.41, 5.74) is 0. The molecule has 1 saturated heterocycles. The highest BCUT2D eigenvalue weighted by atomic mass is 32.1. The Morgan fingerprint density at radius 3 is 2.82 bits per heavy atom. The Bertz CT molecular complexity index is 358. The van der Waals surface area contributed by atoms with Crippen molar-refractivity contribution in [1.29, 1.82) is 0 Å². The van der Waals surface area contributed by atoms with Gasteiger partial charge in [-0.1, -0.05) is 0 Å². The minimum Gasteiger partial charge on any atom is -0.343 e. The molecule has 1 aromatic heterocycles. The molecule has 0 spiro atoms. The van der Waals surface area contributed by atoms with Crippen LogP contribution in [0, 0.1) is 0 Å². The Morgan fingerprint density at radius 2 is 2.29 bits per heavy atom. The summed E-state index contributed by atoms with van der Waals surface area (Å²) < 4.78 is 0. The molecule has 1 atom stereocenters. The van der Waals surface area contributed by atoms with Gasteiger partial charge in [-0.2, -0.15) is 0 Å². The van der Waals surface area contributed by atoms with E-state index in [2.05, 4.69) is 17.2 Å². The maximum absolute atomic E-state index is 11.2. The molecule has 2 heterocycles. The molecule has 1 unspecified atom stereocenters. The molecule has 1 aromatic rings. The Morgan fingerprint density at radius 1 is 1.59 bits per heavy atom. The van der Waals surface area contributed by atoms with Crippen molar-refractivity contribution in [3.63, 3.8) is 0 Å². The maximum atomic E-state index is 11.2. The molecule has 0 bridgehead atoms. The first-order chi connectivity index (χ1) is 8.16. The molecule has 1 aliphatic rings. The van der Waals surface area contributed by atoms with Crippen LogP contribution in [0.25, 0.3) is 0 Å². The molecule has 1 fully saturated rings. The van der Waals surface area contributed by atoms with E-state index in [1.54, 1.807) is 18.3 Å². The molecule has 1 N–H and O–H groups in total. The maximum Gasteiger partial charge on any atom is 0.219 e. The largest absolute Gasteiger partial charge is 0.343 e. The standard InChI is InChI=1S/C12H19N3OS/c1-9(12-13-5-8-17-12)14-11-3-6-15(7-4-11)10(2)16/h5,8-9,11,14H,3-4,6-7H2,1-2H3. The van der Waals surface area contributed by atoms with E-state index in [1.165, 1.54) is 0 Å². The molecule has 0 aliphatic carbocycles. The second-order valence-corrected chi connectivity index (χ2v) is 5.47. The molecular weight excluding hydrogens is 234 g/mol. The topological polar surface area (TPSA) is 45.2 Å². The molecule has 17 heavy (non-hydrogen) atoms. The van der Waals surface area contributed by atoms with Crippen molar-refractivity contribution in [3.8, 4) is 0 Å². The summed E-state index contributed by atoms with van der Waals surface area (Å²) in [6.07, 6.45) is 3.92. The van der Waals surface area contributed by atoms with E-state index in [4.69, 9.17) is 0 Å². The van der Waals surface area contributed by atoms with E-state index in [-0.39, 0.29) is 5.91 Å². The first-order valence-corrected chi connectivity index (χ1v) is 6.95. The third kappa shape index (κ3) is 3.26. The fraction of sp³-hybridized carbons (Fsp3) is 0.667. The number of thiazole rings is 1. The first-order valence-electron chi connectivity index (χ1n) is 6.08. The zero-order chi connectivity index (χ0) is 12.3. The fourth-order valence-electron chi connectivity index (χ4n) is 2.23. The lowest BCUT2D eigenvalue weighted by Gasteiger charge is -2.33. The highest BCUT2D eigenvalue weighted by Gasteiger charge is 2.22. The number of hydrogen-bond donors (Lipinski definition) is 1. The van der Waals surface area contributed by atoms with Crippen molar-refractivity contribution >= 4 is 17.2 Å². The van der Waals surface area contributed by atoms with E-state index in [9.17, 15) is 4.79 Å². The minimum absolute atomic E-state index is 0.191. The van der Waals surface area contributed by atoms with Gasteiger partial charge >= 0.3 is 0 Å². The number of carbonyl (C=O) groups is 1. The number of carbonyl (C=O) groups excluding carboxylic acids is 1. The van der Waals surface area contributed by atoms with Crippen molar-refractivity contribution in [2.45, 2.75) is 38.8 Å². The van der Waals surface area contributed by atoms with Crippen molar-refractivity contribution in [3.05, 3.63) is 16.6 Å². The van der Waals surface area contributed by atoms with E-state index in [1.807, 2.05) is 16.5 Å². The zero-order valence-corrected chi connectivity index (χ0v) is 11.2. The molecule has 0 radical (unpaired) electrons. The fourth-order valence-corrected chi connectivity index (χ4v) is 2.89. The Hall–Kier alpha value is -0.940. The lowest BCUT2D eigenvalue weighted by Crippen LogP contribution is -2.44. The van der Waals surface area contributed by atoms with E-state index >= 15 is 0 Å². The smallest absolute Gasteiger partial charge is 0.219 e.